The van der Waals surface area contributed by atoms with Crippen molar-refractivity contribution in [2.75, 3.05) is 20.1 Å². The van der Waals surface area contributed by atoms with Crippen LogP contribution in [0.15, 0.2) is 24.3 Å². The summed E-state index contributed by atoms with van der Waals surface area (Å²) < 4.78 is 45.0. The van der Waals surface area contributed by atoms with Crippen LogP contribution in [0.1, 0.15) is 13.8 Å². The molecular weight excluding hydrogens is 345 g/mol. The second kappa shape index (κ2) is 7.19. The summed E-state index contributed by atoms with van der Waals surface area (Å²) in [5.74, 6) is -0.0195. The molecule has 0 N–H and O–H groups in total. The molecule has 3 atom stereocenters. The van der Waals surface area contributed by atoms with Gasteiger partial charge in [0.05, 0.1) is 0 Å². The van der Waals surface area contributed by atoms with Gasteiger partial charge < -0.3 is 9.64 Å². The lowest BCUT2D eigenvalue weighted by molar-refractivity contribution is -0.202. The lowest BCUT2D eigenvalue weighted by atomic mass is 10.1. The van der Waals surface area contributed by atoms with Crippen LogP contribution in [0.25, 0.3) is 0 Å². The van der Waals surface area contributed by atoms with E-state index in [2.05, 4.69) is 0 Å². The second-order valence-corrected chi connectivity index (χ2v) is 6.47. The molecule has 0 bridgehead atoms. The van der Waals surface area contributed by atoms with Crippen LogP contribution in [0.3, 0.4) is 0 Å². The number of carbonyl (C=O) groups excluding carboxylic acids is 1. The molecule has 0 spiro atoms. The predicted molar refractivity (Wildman–Crippen MR) is 85.2 cm³/mol. The summed E-state index contributed by atoms with van der Waals surface area (Å²) in [6.45, 7) is 3.04. The molecule has 134 valence electrons. The van der Waals surface area contributed by atoms with Crippen LogP contribution in [-0.2, 0) is 4.79 Å². The van der Waals surface area contributed by atoms with Crippen molar-refractivity contribution in [2.45, 2.75) is 38.2 Å². The third-order valence-corrected chi connectivity index (χ3v) is 4.48. The van der Waals surface area contributed by atoms with E-state index in [4.69, 9.17) is 16.3 Å². The molecule has 1 aromatic rings. The standard InChI is InChI=1S/C16H20ClF3N2O2/c1-10-8-22(9-14(21(10)3)16(18,19)20)15(23)11(2)24-13-6-4-12(17)5-7-13/h4-7,10-11,14H,8-9H2,1-3H3. The average Bonchev–Trinajstić information content (AvgIpc) is 2.50. The van der Waals surface area contributed by atoms with E-state index >= 15 is 0 Å². The van der Waals surface area contributed by atoms with Crippen molar-refractivity contribution in [3.63, 3.8) is 0 Å². The number of carbonyl (C=O) groups is 1. The van der Waals surface area contributed by atoms with Gasteiger partial charge in [0.2, 0.25) is 0 Å². The smallest absolute Gasteiger partial charge is 0.405 e. The molecule has 0 aromatic heterocycles. The van der Waals surface area contributed by atoms with Gasteiger partial charge in [-0.3, -0.25) is 9.69 Å². The van der Waals surface area contributed by atoms with Crippen molar-refractivity contribution < 1.29 is 22.7 Å². The molecule has 1 amide bonds. The van der Waals surface area contributed by atoms with Crippen LogP contribution in [0.2, 0.25) is 5.02 Å². The summed E-state index contributed by atoms with van der Waals surface area (Å²) in [7, 11) is 1.43. The fourth-order valence-corrected chi connectivity index (χ4v) is 2.83. The Balaban J connectivity index is 2.06. The maximum Gasteiger partial charge on any atom is 0.405 e. The normalized spacial score (nSPS) is 23.9. The largest absolute Gasteiger partial charge is 0.481 e. The minimum atomic E-state index is -4.39. The molecule has 1 fully saturated rings. The Bertz CT molecular complexity index is 580. The quantitative estimate of drug-likeness (QED) is 0.825. The highest BCUT2D eigenvalue weighted by Gasteiger charge is 2.48. The van der Waals surface area contributed by atoms with E-state index in [9.17, 15) is 18.0 Å². The number of ether oxygens (including phenoxy) is 1. The molecule has 3 unspecified atom stereocenters. The second-order valence-electron chi connectivity index (χ2n) is 6.03. The first-order valence-electron chi connectivity index (χ1n) is 7.59. The van der Waals surface area contributed by atoms with Crippen molar-refractivity contribution in [1.82, 2.24) is 9.80 Å². The molecule has 0 saturated carbocycles. The van der Waals surface area contributed by atoms with E-state index in [1.807, 2.05) is 0 Å². The zero-order valence-corrected chi connectivity index (χ0v) is 14.4. The Morgan fingerprint density at radius 2 is 1.88 bits per heavy atom. The van der Waals surface area contributed by atoms with Gasteiger partial charge in [0, 0.05) is 24.2 Å². The number of amides is 1. The number of alkyl halides is 3. The summed E-state index contributed by atoms with van der Waals surface area (Å²) >= 11 is 5.78. The van der Waals surface area contributed by atoms with Crippen LogP contribution in [0, 0.1) is 0 Å². The summed E-state index contributed by atoms with van der Waals surface area (Å²) in [5.41, 5.74) is 0. The molecule has 1 heterocycles. The molecule has 1 aromatic carbocycles. The third-order valence-electron chi connectivity index (χ3n) is 4.23. The highest BCUT2D eigenvalue weighted by atomic mass is 35.5. The number of benzene rings is 1. The number of piperazine rings is 1. The Morgan fingerprint density at radius 1 is 1.29 bits per heavy atom. The van der Waals surface area contributed by atoms with Crippen LogP contribution in [0.4, 0.5) is 13.2 Å². The monoisotopic (exact) mass is 364 g/mol. The average molecular weight is 365 g/mol. The van der Waals surface area contributed by atoms with Gasteiger partial charge in [0.1, 0.15) is 11.8 Å². The highest BCUT2D eigenvalue weighted by Crippen LogP contribution is 2.29. The van der Waals surface area contributed by atoms with Gasteiger partial charge in [-0.1, -0.05) is 11.6 Å². The van der Waals surface area contributed by atoms with Gasteiger partial charge in [-0.25, -0.2) is 0 Å². The van der Waals surface area contributed by atoms with E-state index in [1.165, 1.54) is 23.8 Å². The molecule has 1 aliphatic heterocycles. The number of likely N-dealkylation sites (N-methyl/N-ethyl adjacent to an activating group) is 1. The Morgan fingerprint density at radius 3 is 2.42 bits per heavy atom. The SMILES string of the molecule is CC(Oc1ccc(Cl)cc1)C(=O)N1CC(C)N(C)C(C(F)(F)F)C1. The van der Waals surface area contributed by atoms with Crippen molar-refractivity contribution in [2.24, 2.45) is 0 Å². The predicted octanol–water partition coefficient (Wildman–Crippen LogP) is 3.20. The van der Waals surface area contributed by atoms with Crippen LogP contribution in [-0.4, -0.2) is 60.2 Å². The number of halogens is 4. The van der Waals surface area contributed by atoms with E-state index < -0.39 is 36.8 Å². The Kier molecular flexibility index (Phi) is 5.65. The summed E-state index contributed by atoms with van der Waals surface area (Å²) in [6.07, 6.45) is -5.27. The van der Waals surface area contributed by atoms with Crippen LogP contribution in [0.5, 0.6) is 5.75 Å². The fraction of sp³-hybridized carbons (Fsp3) is 0.562. The van der Waals surface area contributed by atoms with Crippen LogP contribution < -0.4 is 4.74 Å². The fourth-order valence-electron chi connectivity index (χ4n) is 2.71. The molecule has 0 aliphatic carbocycles. The van der Waals surface area contributed by atoms with E-state index in [0.717, 1.165) is 0 Å². The highest BCUT2D eigenvalue weighted by molar-refractivity contribution is 6.30. The van der Waals surface area contributed by atoms with Crippen molar-refractivity contribution in [3.05, 3.63) is 29.3 Å². The summed E-state index contributed by atoms with van der Waals surface area (Å²) in [4.78, 5) is 15.0. The van der Waals surface area contributed by atoms with Gasteiger partial charge >= 0.3 is 6.18 Å². The van der Waals surface area contributed by atoms with Gasteiger partial charge in [-0.15, -0.1) is 0 Å². The molecule has 1 aliphatic rings. The zero-order valence-electron chi connectivity index (χ0n) is 13.7. The third kappa shape index (κ3) is 4.33. The number of nitrogens with zero attached hydrogens (tertiary/aromatic N) is 2. The summed E-state index contributed by atoms with van der Waals surface area (Å²) in [6, 6.07) is 4.39. The zero-order chi connectivity index (χ0) is 18.1. The molecule has 24 heavy (non-hydrogen) atoms. The molecular formula is C16H20ClF3N2O2. The molecule has 4 nitrogen and oxygen atoms in total. The van der Waals surface area contributed by atoms with E-state index in [1.54, 1.807) is 31.2 Å². The first-order valence-corrected chi connectivity index (χ1v) is 7.97. The van der Waals surface area contributed by atoms with Crippen LogP contribution >= 0.6 is 11.6 Å². The molecule has 0 radical (unpaired) electrons. The van der Waals surface area contributed by atoms with Crippen molar-refractivity contribution in [3.8, 4) is 5.75 Å². The Hall–Kier alpha value is -1.47. The van der Waals surface area contributed by atoms with Gasteiger partial charge in [0.25, 0.3) is 5.91 Å². The Labute approximate surface area is 144 Å². The van der Waals surface area contributed by atoms with E-state index in [0.29, 0.717) is 10.8 Å². The molecule has 2 rings (SSSR count). The number of hydrogen-bond donors (Lipinski definition) is 0. The van der Waals surface area contributed by atoms with Gasteiger partial charge in [-0.2, -0.15) is 13.2 Å². The minimum Gasteiger partial charge on any atom is -0.481 e. The van der Waals surface area contributed by atoms with Crippen molar-refractivity contribution in [1.29, 1.82) is 0 Å². The minimum absolute atomic E-state index is 0.232. The maximum absolute atomic E-state index is 13.2. The van der Waals surface area contributed by atoms with E-state index in [-0.39, 0.29) is 6.54 Å². The summed E-state index contributed by atoms with van der Waals surface area (Å²) in [5, 5.41) is 0.530. The maximum atomic E-state index is 13.2. The molecule has 8 heteroatoms. The first-order chi connectivity index (χ1) is 11.1. The topological polar surface area (TPSA) is 32.8 Å². The van der Waals surface area contributed by atoms with Gasteiger partial charge in [0.15, 0.2) is 6.10 Å². The van der Waals surface area contributed by atoms with Gasteiger partial charge in [-0.05, 0) is 45.2 Å². The first kappa shape index (κ1) is 18.9. The number of rotatable bonds is 3. The lowest BCUT2D eigenvalue weighted by Crippen LogP contribution is -2.63. The van der Waals surface area contributed by atoms with Crippen molar-refractivity contribution >= 4 is 17.5 Å². The lowest BCUT2D eigenvalue weighted by Gasteiger charge is -2.44. The molecule has 1 saturated heterocycles. The number of hydrogen-bond acceptors (Lipinski definition) is 3.